The van der Waals surface area contributed by atoms with E-state index >= 15 is 0 Å². The molecule has 0 radical (unpaired) electrons. The van der Waals surface area contributed by atoms with E-state index in [1.807, 2.05) is 25.1 Å². The average molecular weight is 323 g/mol. The standard InChI is InChI=1S/C13H15BrN4O/c1-10-17-9-12(14)13(19)18(10)7-6-15-8-11-4-2-3-5-16-11/h2-5,9,15H,6-8H2,1H3. The maximum Gasteiger partial charge on any atom is 0.267 e. The van der Waals surface area contributed by atoms with Crippen molar-refractivity contribution in [1.29, 1.82) is 0 Å². The Morgan fingerprint density at radius 1 is 1.37 bits per heavy atom. The predicted octanol–water partition coefficient (Wildman–Crippen LogP) is 1.50. The van der Waals surface area contributed by atoms with E-state index in [2.05, 4.69) is 31.2 Å². The fourth-order valence-corrected chi connectivity index (χ4v) is 2.04. The van der Waals surface area contributed by atoms with Crippen molar-refractivity contribution in [2.24, 2.45) is 0 Å². The first-order chi connectivity index (χ1) is 9.18. The molecule has 2 aromatic rings. The molecule has 19 heavy (non-hydrogen) atoms. The number of rotatable bonds is 5. The van der Waals surface area contributed by atoms with E-state index in [9.17, 15) is 4.79 Å². The highest BCUT2D eigenvalue weighted by atomic mass is 79.9. The van der Waals surface area contributed by atoms with Crippen LogP contribution in [0, 0.1) is 6.92 Å². The molecule has 0 aliphatic carbocycles. The average Bonchev–Trinajstić information content (AvgIpc) is 2.43. The lowest BCUT2D eigenvalue weighted by molar-refractivity contribution is 0.560. The van der Waals surface area contributed by atoms with E-state index in [4.69, 9.17) is 0 Å². The highest BCUT2D eigenvalue weighted by Crippen LogP contribution is 2.01. The minimum Gasteiger partial charge on any atom is -0.309 e. The second kappa shape index (κ2) is 6.58. The fourth-order valence-electron chi connectivity index (χ4n) is 1.72. The molecule has 0 aromatic carbocycles. The molecule has 0 amide bonds. The van der Waals surface area contributed by atoms with Gasteiger partial charge in [0.25, 0.3) is 5.56 Å². The lowest BCUT2D eigenvalue weighted by Gasteiger charge is -2.10. The number of hydrogen-bond donors (Lipinski definition) is 1. The molecule has 6 heteroatoms. The Hall–Kier alpha value is -1.53. The van der Waals surface area contributed by atoms with Gasteiger partial charge in [0.15, 0.2) is 0 Å². The van der Waals surface area contributed by atoms with Gasteiger partial charge in [0.05, 0.1) is 5.69 Å². The number of nitrogens with zero attached hydrogens (tertiary/aromatic N) is 3. The van der Waals surface area contributed by atoms with Crippen molar-refractivity contribution >= 4 is 15.9 Å². The molecule has 2 rings (SSSR count). The molecule has 5 nitrogen and oxygen atoms in total. The SMILES string of the molecule is Cc1ncc(Br)c(=O)n1CCNCc1ccccn1. The second-order valence-corrected chi connectivity index (χ2v) is 4.96. The summed E-state index contributed by atoms with van der Waals surface area (Å²) in [6.45, 7) is 3.79. The Morgan fingerprint density at radius 2 is 2.21 bits per heavy atom. The summed E-state index contributed by atoms with van der Waals surface area (Å²) in [4.78, 5) is 20.3. The van der Waals surface area contributed by atoms with E-state index in [0.717, 1.165) is 5.69 Å². The normalized spacial score (nSPS) is 10.6. The van der Waals surface area contributed by atoms with Crippen molar-refractivity contribution in [2.75, 3.05) is 6.54 Å². The van der Waals surface area contributed by atoms with Gasteiger partial charge in [-0.15, -0.1) is 0 Å². The molecular weight excluding hydrogens is 308 g/mol. The fraction of sp³-hybridized carbons (Fsp3) is 0.308. The number of aryl methyl sites for hydroxylation is 1. The van der Waals surface area contributed by atoms with Gasteiger partial charge < -0.3 is 5.32 Å². The minimum atomic E-state index is -0.0489. The first-order valence-corrected chi connectivity index (χ1v) is 6.80. The van der Waals surface area contributed by atoms with Crippen molar-refractivity contribution in [3.63, 3.8) is 0 Å². The van der Waals surface area contributed by atoms with Gasteiger partial charge in [-0.3, -0.25) is 14.3 Å². The summed E-state index contributed by atoms with van der Waals surface area (Å²) in [5.74, 6) is 0.716. The van der Waals surface area contributed by atoms with E-state index < -0.39 is 0 Å². The molecular formula is C13H15BrN4O. The van der Waals surface area contributed by atoms with Crippen LogP contribution in [-0.2, 0) is 13.1 Å². The molecule has 0 saturated carbocycles. The van der Waals surface area contributed by atoms with Gasteiger partial charge in [0, 0.05) is 32.0 Å². The molecule has 0 atom stereocenters. The van der Waals surface area contributed by atoms with Crippen LogP contribution in [0.4, 0.5) is 0 Å². The van der Waals surface area contributed by atoms with E-state index in [1.165, 1.54) is 6.20 Å². The monoisotopic (exact) mass is 322 g/mol. The molecule has 0 aliphatic heterocycles. The first-order valence-electron chi connectivity index (χ1n) is 6.01. The summed E-state index contributed by atoms with van der Waals surface area (Å²) in [5.41, 5.74) is 0.936. The topological polar surface area (TPSA) is 59.8 Å². The molecule has 0 bridgehead atoms. The zero-order chi connectivity index (χ0) is 13.7. The zero-order valence-corrected chi connectivity index (χ0v) is 12.2. The Balaban J connectivity index is 1.90. The largest absolute Gasteiger partial charge is 0.309 e. The van der Waals surface area contributed by atoms with Crippen LogP contribution in [0.15, 0.2) is 39.9 Å². The van der Waals surface area contributed by atoms with Gasteiger partial charge in [0.2, 0.25) is 0 Å². The molecule has 0 spiro atoms. The van der Waals surface area contributed by atoms with Gasteiger partial charge in [-0.05, 0) is 35.0 Å². The van der Waals surface area contributed by atoms with Gasteiger partial charge in [-0.2, -0.15) is 0 Å². The van der Waals surface area contributed by atoms with Crippen LogP contribution >= 0.6 is 15.9 Å². The summed E-state index contributed by atoms with van der Waals surface area (Å²) < 4.78 is 2.14. The Bertz CT molecular complexity index is 597. The minimum absolute atomic E-state index is 0.0489. The lowest BCUT2D eigenvalue weighted by atomic mass is 10.3. The van der Waals surface area contributed by atoms with E-state index in [0.29, 0.717) is 29.9 Å². The molecule has 0 aliphatic rings. The van der Waals surface area contributed by atoms with Crippen molar-refractivity contribution < 1.29 is 0 Å². The van der Waals surface area contributed by atoms with Crippen LogP contribution < -0.4 is 10.9 Å². The first kappa shape index (κ1) is 13.9. The van der Waals surface area contributed by atoms with E-state index in [-0.39, 0.29) is 5.56 Å². The Kier molecular flexibility index (Phi) is 4.81. The highest BCUT2D eigenvalue weighted by molar-refractivity contribution is 9.10. The lowest BCUT2D eigenvalue weighted by Crippen LogP contribution is -2.29. The van der Waals surface area contributed by atoms with Gasteiger partial charge in [-0.1, -0.05) is 6.07 Å². The van der Waals surface area contributed by atoms with E-state index in [1.54, 1.807) is 10.8 Å². The maximum absolute atomic E-state index is 11.9. The van der Waals surface area contributed by atoms with Crippen LogP contribution in [0.25, 0.3) is 0 Å². The third-order valence-corrected chi connectivity index (χ3v) is 3.29. The highest BCUT2D eigenvalue weighted by Gasteiger charge is 2.04. The number of aromatic nitrogens is 3. The summed E-state index contributed by atoms with van der Waals surface area (Å²) in [5, 5.41) is 3.26. The molecule has 0 fully saturated rings. The summed E-state index contributed by atoms with van der Waals surface area (Å²) in [6, 6.07) is 5.81. The molecule has 0 saturated heterocycles. The molecule has 1 N–H and O–H groups in total. The number of halogens is 1. The quantitative estimate of drug-likeness (QED) is 0.847. The Labute approximate surface area is 119 Å². The van der Waals surface area contributed by atoms with Crippen LogP contribution in [0.2, 0.25) is 0 Å². The molecule has 2 heterocycles. The second-order valence-electron chi connectivity index (χ2n) is 4.11. The Morgan fingerprint density at radius 3 is 2.95 bits per heavy atom. The van der Waals surface area contributed by atoms with Crippen molar-refractivity contribution in [3.05, 3.63) is 56.9 Å². The smallest absolute Gasteiger partial charge is 0.267 e. The zero-order valence-electron chi connectivity index (χ0n) is 10.6. The van der Waals surface area contributed by atoms with Crippen molar-refractivity contribution in [1.82, 2.24) is 19.9 Å². The molecule has 0 unspecified atom stereocenters. The maximum atomic E-state index is 11.9. The molecule has 100 valence electrons. The van der Waals surface area contributed by atoms with Gasteiger partial charge in [-0.25, -0.2) is 4.98 Å². The third-order valence-electron chi connectivity index (χ3n) is 2.75. The summed E-state index contributed by atoms with van der Waals surface area (Å²) >= 11 is 3.20. The number of nitrogens with one attached hydrogen (secondary N) is 1. The number of pyridine rings is 1. The van der Waals surface area contributed by atoms with Crippen LogP contribution in [0.5, 0.6) is 0 Å². The van der Waals surface area contributed by atoms with Crippen molar-refractivity contribution in [3.8, 4) is 0 Å². The summed E-state index contributed by atoms with van der Waals surface area (Å²) in [6.07, 6.45) is 3.30. The third kappa shape index (κ3) is 3.71. The van der Waals surface area contributed by atoms with Crippen LogP contribution in [-0.4, -0.2) is 21.1 Å². The van der Waals surface area contributed by atoms with Crippen molar-refractivity contribution in [2.45, 2.75) is 20.0 Å². The van der Waals surface area contributed by atoms with Crippen LogP contribution in [0.1, 0.15) is 11.5 Å². The summed E-state index contributed by atoms with van der Waals surface area (Å²) in [7, 11) is 0. The molecule has 2 aromatic heterocycles. The van der Waals surface area contributed by atoms with Gasteiger partial charge >= 0.3 is 0 Å². The predicted molar refractivity (Wildman–Crippen MR) is 76.9 cm³/mol. The van der Waals surface area contributed by atoms with Gasteiger partial charge in [0.1, 0.15) is 10.3 Å². The number of hydrogen-bond acceptors (Lipinski definition) is 4. The van der Waals surface area contributed by atoms with Crippen LogP contribution in [0.3, 0.4) is 0 Å².